The van der Waals surface area contributed by atoms with Gasteiger partial charge in [0.1, 0.15) is 0 Å². The lowest BCUT2D eigenvalue weighted by atomic mass is 9.85. The maximum Gasteiger partial charge on any atom is 0.223 e. The number of nitrogens with zero attached hydrogens (tertiary/aromatic N) is 1. The van der Waals surface area contributed by atoms with Crippen molar-refractivity contribution in [1.82, 2.24) is 16.0 Å². The smallest absolute Gasteiger partial charge is 0.223 e. The second kappa shape index (κ2) is 9.09. The summed E-state index contributed by atoms with van der Waals surface area (Å²) in [4.78, 5) is 17.3. The molecule has 3 aliphatic rings. The summed E-state index contributed by atoms with van der Waals surface area (Å²) in [5.74, 6) is 3.99. The van der Waals surface area contributed by atoms with Gasteiger partial charge in [-0.05, 0) is 83.5 Å². The van der Waals surface area contributed by atoms with E-state index < -0.39 is 0 Å². The Bertz CT molecular complexity index is 484. The number of amides is 1. The van der Waals surface area contributed by atoms with Crippen molar-refractivity contribution in [3.05, 3.63) is 0 Å². The summed E-state index contributed by atoms with van der Waals surface area (Å²) in [7, 11) is 0. The Labute approximate surface area is 159 Å². The van der Waals surface area contributed by atoms with Crippen LogP contribution >= 0.6 is 0 Å². The van der Waals surface area contributed by atoms with E-state index in [1.54, 1.807) is 0 Å². The zero-order chi connectivity index (χ0) is 18.5. The van der Waals surface area contributed by atoms with Crippen LogP contribution in [0, 0.1) is 23.7 Å². The first-order chi connectivity index (χ1) is 12.6. The van der Waals surface area contributed by atoms with Crippen molar-refractivity contribution in [1.29, 1.82) is 0 Å². The molecule has 1 amide bonds. The number of rotatable bonds is 8. The molecular weight excluding hydrogens is 324 g/mol. The molecule has 0 spiro atoms. The number of carbonyl (C=O) groups is 1. The highest BCUT2D eigenvalue weighted by atomic mass is 16.1. The second-order valence-electron chi connectivity index (χ2n) is 8.93. The van der Waals surface area contributed by atoms with Crippen LogP contribution in [0.1, 0.15) is 72.1 Å². The molecule has 0 heterocycles. The second-order valence-corrected chi connectivity index (χ2v) is 8.93. The first-order valence-electron chi connectivity index (χ1n) is 10.9. The standard InChI is InChI=1S/C21H38N4O/c1-4-22-21(23-13-19(15-8-9-15)16-10-11-16)25-18-7-5-6-17(12-18)20(26)24-14(2)3/h14-19H,4-13H2,1-3H3,(H,24,26)(H2,22,23,25). The van der Waals surface area contributed by atoms with Gasteiger partial charge in [-0.15, -0.1) is 0 Å². The molecule has 5 heteroatoms. The van der Waals surface area contributed by atoms with Crippen LogP contribution < -0.4 is 16.0 Å². The number of hydrogen-bond acceptors (Lipinski definition) is 2. The third kappa shape index (κ3) is 5.88. The van der Waals surface area contributed by atoms with Gasteiger partial charge >= 0.3 is 0 Å². The summed E-state index contributed by atoms with van der Waals surface area (Å²) in [6.07, 6.45) is 9.82. The van der Waals surface area contributed by atoms with E-state index in [9.17, 15) is 4.79 Å². The molecule has 3 aliphatic carbocycles. The summed E-state index contributed by atoms with van der Waals surface area (Å²) in [6.45, 7) is 8.03. The molecule has 26 heavy (non-hydrogen) atoms. The Balaban J connectivity index is 1.52. The average Bonchev–Trinajstić information content (AvgIpc) is 3.49. The van der Waals surface area contributed by atoms with Crippen molar-refractivity contribution in [3.8, 4) is 0 Å². The van der Waals surface area contributed by atoms with Crippen LogP contribution in [0.4, 0.5) is 0 Å². The van der Waals surface area contributed by atoms with Crippen LogP contribution in [-0.4, -0.2) is 37.0 Å². The predicted molar refractivity (Wildman–Crippen MR) is 107 cm³/mol. The van der Waals surface area contributed by atoms with E-state index in [0.29, 0.717) is 6.04 Å². The molecular formula is C21H38N4O. The Hall–Kier alpha value is -1.26. The third-order valence-corrected chi connectivity index (χ3v) is 6.08. The minimum absolute atomic E-state index is 0.136. The fraction of sp³-hybridized carbons (Fsp3) is 0.905. The van der Waals surface area contributed by atoms with E-state index in [4.69, 9.17) is 4.99 Å². The number of hydrogen-bond donors (Lipinski definition) is 3. The van der Waals surface area contributed by atoms with Crippen LogP contribution in [0.5, 0.6) is 0 Å². The normalized spacial score (nSPS) is 26.9. The maximum atomic E-state index is 12.4. The number of carbonyl (C=O) groups excluding carboxylic acids is 1. The lowest BCUT2D eigenvalue weighted by Crippen LogP contribution is -2.47. The van der Waals surface area contributed by atoms with Crippen LogP contribution in [0.3, 0.4) is 0 Å². The highest BCUT2D eigenvalue weighted by Crippen LogP contribution is 2.49. The molecule has 3 saturated carbocycles. The quantitative estimate of drug-likeness (QED) is 0.459. The van der Waals surface area contributed by atoms with Crippen LogP contribution in [-0.2, 0) is 4.79 Å². The molecule has 0 aromatic heterocycles. The van der Waals surface area contributed by atoms with Crippen LogP contribution in [0.25, 0.3) is 0 Å². The SMILES string of the molecule is CCNC(=NCC(C1CC1)C1CC1)NC1CCCC(C(=O)NC(C)C)C1. The topological polar surface area (TPSA) is 65.5 Å². The van der Waals surface area contributed by atoms with Gasteiger partial charge < -0.3 is 16.0 Å². The van der Waals surface area contributed by atoms with Crippen molar-refractivity contribution in [2.75, 3.05) is 13.1 Å². The van der Waals surface area contributed by atoms with E-state index in [-0.39, 0.29) is 17.9 Å². The summed E-state index contributed by atoms with van der Waals surface area (Å²) in [5.41, 5.74) is 0. The van der Waals surface area contributed by atoms with Gasteiger partial charge in [0, 0.05) is 31.1 Å². The first kappa shape index (κ1) is 19.5. The van der Waals surface area contributed by atoms with Crippen LogP contribution in [0.2, 0.25) is 0 Å². The minimum atomic E-state index is 0.136. The van der Waals surface area contributed by atoms with E-state index in [0.717, 1.165) is 62.5 Å². The van der Waals surface area contributed by atoms with Gasteiger partial charge in [0.15, 0.2) is 5.96 Å². The number of guanidine groups is 1. The fourth-order valence-electron chi connectivity index (χ4n) is 4.40. The van der Waals surface area contributed by atoms with Crippen molar-refractivity contribution in [3.63, 3.8) is 0 Å². The number of nitrogens with one attached hydrogen (secondary N) is 3. The molecule has 148 valence electrons. The molecule has 3 N–H and O–H groups in total. The predicted octanol–water partition coefficient (Wildman–Crippen LogP) is 3.06. The summed E-state index contributed by atoms with van der Waals surface area (Å²) in [5, 5.41) is 10.1. The molecule has 0 aromatic carbocycles. The van der Waals surface area contributed by atoms with Gasteiger partial charge in [-0.3, -0.25) is 9.79 Å². The van der Waals surface area contributed by atoms with E-state index in [2.05, 4.69) is 22.9 Å². The molecule has 0 radical (unpaired) electrons. The lowest BCUT2D eigenvalue weighted by molar-refractivity contribution is -0.126. The molecule has 0 aliphatic heterocycles. The van der Waals surface area contributed by atoms with Crippen molar-refractivity contribution >= 4 is 11.9 Å². The average molecular weight is 363 g/mol. The molecule has 3 rings (SSSR count). The van der Waals surface area contributed by atoms with Crippen molar-refractivity contribution in [2.45, 2.75) is 84.2 Å². The third-order valence-electron chi connectivity index (χ3n) is 6.08. The Kier molecular flexibility index (Phi) is 6.82. The zero-order valence-corrected chi connectivity index (χ0v) is 16.9. The highest BCUT2D eigenvalue weighted by molar-refractivity contribution is 5.81. The van der Waals surface area contributed by atoms with E-state index >= 15 is 0 Å². The fourth-order valence-corrected chi connectivity index (χ4v) is 4.40. The molecule has 0 saturated heterocycles. The Morgan fingerprint density at radius 1 is 1.08 bits per heavy atom. The lowest BCUT2D eigenvalue weighted by Gasteiger charge is -2.30. The van der Waals surface area contributed by atoms with Crippen molar-refractivity contribution in [2.24, 2.45) is 28.7 Å². The minimum Gasteiger partial charge on any atom is -0.357 e. The van der Waals surface area contributed by atoms with Crippen molar-refractivity contribution < 1.29 is 4.79 Å². The molecule has 3 fully saturated rings. The summed E-state index contributed by atoms with van der Waals surface area (Å²) in [6, 6.07) is 0.571. The molecule has 2 atom stereocenters. The molecule has 5 nitrogen and oxygen atoms in total. The first-order valence-corrected chi connectivity index (χ1v) is 10.9. The van der Waals surface area contributed by atoms with Gasteiger partial charge in [-0.2, -0.15) is 0 Å². The monoisotopic (exact) mass is 362 g/mol. The zero-order valence-electron chi connectivity index (χ0n) is 16.9. The largest absolute Gasteiger partial charge is 0.357 e. The summed E-state index contributed by atoms with van der Waals surface area (Å²) < 4.78 is 0. The number of aliphatic imine (C=N–C) groups is 1. The van der Waals surface area contributed by atoms with Gasteiger partial charge in [0.25, 0.3) is 0 Å². The van der Waals surface area contributed by atoms with Gasteiger partial charge in [0.05, 0.1) is 0 Å². The summed E-state index contributed by atoms with van der Waals surface area (Å²) >= 11 is 0. The van der Waals surface area contributed by atoms with Gasteiger partial charge in [-0.25, -0.2) is 0 Å². The Morgan fingerprint density at radius 3 is 2.35 bits per heavy atom. The van der Waals surface area contributed by atoms with E-state index in [1.807, 2.05) is 13.8 Å². The van der Waals surface area contributed by atoms with Gasteiger partial charge in [0.2, 0.25) is 5.91 Å². The maximum absolute atomic E-state index is 12.4. The Morgan fingerprint density at radius 2 is 1.77 bits per heavy atom. The molecule has 0 bridgehead atoms. The highest BCUT2D eigenvalue weighted by Gasteiger charge is 2.41. The van der Waals surface area contributed by atoms with E-state index in [1.165, 1.54) is 25.7 Å². The van der Waals surface area contributed by atoms with Crippen LogP contribution in [0.15, 0.2) is 4.99 Å². The molecule has 0 aromatic rings. The van der Waals surface area contributed by atoms with Gasteiger partial charge in [-0.1, -0.05) is 6.42 Å². The molecule has 2 unspecified atom stereocenters.